The van der Waals surface area contributed by atoms with Crippen molar-refractivity contribution < 1.29 is 4.74 Å². The minimum atomic E-state index is 0.425. The van der Waals surface area contributed by atoms with Gasteiger partial charge >= 0.3 is 0 Å². The van der Waals surface area contributed by atoms with E-state index in [1.54, 1.807) is 13.3 Å². The van der Waals surface area contributed by atoms with Crippen LogP contribution in [0.1, 0.15) is 30.1 Å². The molecule has 1 saturated heterocycles. The number of benzene rings is 1. The summed E-state index contributed by atoms with van der Waals surface area (Å²) in [5.41, 5.74) is 2.10. The van der Waals surface area contributed by atoms with Crippen LogP contribution in [0.2, 0.25) is 0 Å². The molecule has 0 aliphatic carbocycles. The van der Waals surface area contributed by atoms with E-state index in [0.717, 1.165) is 49.7 Å². The van der Waals surface area contributed by atoms with Gasteiger partial charge < -0.3 is 4.74 Å². The first-order chi connectivity index (χ1) is 12.8. The molecule has 26 heavy (non-hydrogen) atoms. The fraction of sp³-hybridized carbons (Fsp3) is 0.350. The molecule has 134 valence electrons. The van der Waals surface area contributed by atoms with E-state index in [4.69, 9.17) is 4.74 Å². The smallest absolute Gasteiger partial charge is 0.199 e. The molecule has 0 unspecified atom stereocenters. The van der Waals surface area contributed by atoms with Crippen molar-refractivity contribution in [3.8, 4) is 17.3 Å². The number of aromatic nitrogens is 4. The van der Waals surface area contributed by atoms with Gasteiger partial charge in [0.15, 0.2) is 5.82 Å². The van der Waals surface area contributed by atoms with Crippen molar-refractivity contribution in [2.45, 2.75) is 25.3 Å². The fourth-order valence-electron chi connectivity index (χ4n) is 3.44. The highest BCUT2D eigenvalue weighted by molar-refractivity contribution is 5.51. The van der Waals surface area contributed by atoms with E-state index in [1.165, 1.54) is 5.56 Å². The third-order valence-electron chi connectivity index (χ3n) is 4.92. The number of nitrogens with zero attached hydrogens (tertiary/aromatic N) is 4. The molecule has 4 rings (SSSR count). The van der Waals surface area contributed by atoms with Crippen LogP contribution in [0.3, 0.4) is 0 Å². The highest BCUT2D eigenvalue weighted by Crippen LogP contribution is 2.28. The lowest BCUT2D eigenvalue weighted by Crippen LogP contribution is -2.32. The van der Waals surface area contributed by atoms with Crippen LogP contribution in [-0.2, 0) is 6.54 Å². The van der Waals surface area contributed by atoms with E-state index >= 15 is 0 Å². The van der Waals surface area contributed by atoms with Crippen LogP contribution in [-0.4, -0.2) is 45.3 Å². The van der Waals surface area contributed by atoms with Crippen molar-refractivity contribution in [3.05, 3.63) is 60.0 Å². The van der Waals surface area contributed by atoms with Crippen LogP contribution in [0.25, 0.3) is 11.5 Å². The monoisotopic (exact) mass is 349 g/mol. The summed E-state index contributed by atoms with van der Waals surface area (Å²) < 4.78 is 5.25. The van der Waals surface area contributed by atoms with Crippen LogP contribution >= 0.6 is 0 Å². The van der Waals surface area contributed by atoms with Crippen LogP contribution in [0.4, 0.5) is 0 Å². The van der Waals surface area contributed by atoms with Crippen LogP contribution in [0.15, 0.2) is 48.7 Å². The van der Waals surface area contributed by atoms with E-state index < -0.39 is 0 Å². The van der Waals surface area contributed by atoms with Gasteiger partial charge in [-0.1, -0.05) is 30.3 Å². The Morgan fingerprint density at radius 2 is 1.96 bits per heavy atom. The molecule has 1 fully saturated rings. The topological polar surface area (TPSA) is 66.9 Å². The number of hydrogen-bond donors (Lipinski definition) is 1. The third kappa shape index (κ3) is 3.75. The van der Waals surface area contributed by atoms with E-state index in [1.807, 2.05) is 12.1 Å². The minimum absolute atomic E-state index is 0.425. The van der Waals surface area contributed by atoms with Gasteiger partial charge in [0.05, 0.1) is 7.11 Å². The maximum Gasteiger partial charge on any atom is 0.199 e. The zero-order valence-corrected chi connectivity index (χ0v) is 14.9. The molecular weight excluding hydrogens is 326 g/mol. The van der Waals surface area contributed by atoms with Crippen molar-refractivity contribution >= 4 is 0 Å². The Morgan fingerprint density at radius 3 is 2.73 bits per heavy atom. The van der Waals surface area contributed by atoms with Crippen molar-refractivity contribution in [2.75, 3.05) is 20.2 Å². The largest absolute Gasteiger partial charge is 0.497 e. The number of H-pyrrole nitrogens is 1. The first-order valence-corrected chi connectivity index (χ1v) is 9.01. The summed E-state index contributed by atoms with van der Waals surface area (Å²) in [7, 11) is 1.64. The Hall–Kier alpha value is -2.73. The average Bonchev–Trinajstić information content (AvgIpc) is 3.20. The molecule has 0 saturated carbocycles. The number of pyridine rings is 1. The first-order valence-electron chi connectivity index (χ1n) is 9.01. The molecule has 2 aromatic heterocycles. The summed E-state index contributed by atoms with van der Waals surface area (Å²) in [5.74, 6) is 2.78. The molecule has 0 amide bonds. The lowest BCUT2D eigenvalue weighted by molar-refractivity contribution is 0.202. The first kappa shape index (κ1) is 16.7. The minimum Gasteiger partial charge on any atom is -0.497 e. The molecule has 6 heteroatoms. The fourth-order valence-corrected chi connectivity index (χ4v) is 3.44. The number of likely N-dealkylation sites (tertiary alicyclic amines) is 1. The van der Waals surface area contributed by atoms with Crippen LogP contribution in [0, 0.1) is 0 Å². The molecule has 3 heterocycles. The van der Waals surface area contributed by atoms with Crippen molar-refractivity contribution in [2.24, 2.45) is 0 Å². The van der Waals surface area contributed by atoms with Gasteiger partial charge in [0.1, 0.15) is 17.3 Å². The Balaban J connectivity index is 1.38. The van der Waals surface area contributed by atoms with Gasteiger partial charge in [0.25, 0.3) is 0 Å². The van der Waals surface area contributed by atoms with Gasteiger partial charge in [-0.05, 0) is 37.6 Å². The third-order valence-corrected chi connectivity index (χ3v) is 4.92. The van der Waals surface area contributed by atoms with Gasteiger partial charge in [-0.2, -0.15) is 5.10 Å². The number of methoxy groups -OCH3 is 1. The summed E-state index contributed by atoms with van der Waals surface area (Å²) in [6.07, 6.45) is 3.90. The zero-order valence-electron chi connectivity index (χ0n) is 14.9. The van der Waals surface area contributed by atoms with Gasteiger partial charge in [0.2, 0.25) is 0 Å². The predicted molar refractivity (Wildman–Crippen MR) is 99.9 cm³/mol. The molecule has 0 bridgehead atoms. The number of nitrogens with one attached hydrogen (secondary N) is 1. The van der Waals surface area contributed by atoms with Crippen molar-refractivity contribution in [1.29, 1.82) is 0 Å². The maximum atomic E-state index is 5.25. The number of hydrogen-bond acceptors (Lipinski definition) is 5. The van der Waals surface area contributed by atoms with Crippen LogP contribution in [0.5, 0.6) is 5.75 Å². The Bertz CT molecular complexity index is 840. The zero-order chi connectivity index (χ0) is 17.8. The molecule has 0 atom stereocenters. The molecule has 1 aliphatic heterocycles. The Kier molecular flexibility index (Phi) is 4.93. The lowest BCUT2D eigenvalue weighted by atomic mass is 9.96. The summed E-state index contributed by atoms with van der Waals surface area (Å²) in [4.78, 5) is 11.5. The summed E-state index contributed by atoms with van der Waals surface area (Å²) >= 11 is 0. The molecule has 1 N–H and O–H groups in total. The highest BCUT2D eigenvalue weighted by Gasteiger charge is 2.23. The number of piperidine rings is 1. The second-order valence-corrected chi connectivity index (χ2v) is 6.66. The molecule has 6 nitrogen and oxygen atoms in total. The van der Waals surface area contributed by atoms with Gasteiger partial charge in [-0.15, -0.1) is 0 Å². The summed E-state index contributed by atoms with van der Waals surface area (Å²) in [6, 6.07) is 14.3. The molecule has 1 aromatic carbocycles. The number of ether oxygens (including phenoxy) is 1. The second-order valence-electron chi connectivity index (χ2n) is 6.66. The second kappa shape index (κ2) is 7.66. The SMILES string of the molecule is COc1ccnc(-c2n[nH]c(C3CCN(Cc4ccccc4)CC3)n2)c1. The van der Waals surface area contributed by atoms with E-state index in [0.29, 0.717) is 11.7 Å². The quantitative estimate of drug-likeness (QED) is 0.766. The molecule has 0 spiro atoms. The van der Waals surface area contributed by atoms with Gasteiger partial charge in [0, 0.05) is 24.7 Å². The van der Waals surface area contributed by atoms with Gasteiger partial charge in [-0.25, -0.2) is 4.98 Å². The molecule has 0 radical (unpaired) electrons. The molecular formula is C20H23N5O. The maximum absolute atomic E-state index is 5.25. The normalized spacial score (nSPS) is 15.9. The summed E-state index contributed by atoms with van der Waals surface area (Å²) in [5, 5.41) is 7.47. The van der Waals surface area contributed by atoms with Crippen LogP contribution < -0.4 is 4.74 Å². The summed E-state index contributed by atoms with van der Waals surface area (Å²) in [6.45, 7) is 3.17. The van der Waals surface area contributed by atoms with Crippen molar-refractivity contribution in [3.63, 3.8) is 0 Å². The average molecular weight is 349 g/mol. The Morgan fingerprint density at radius 1 is 1.15 bits per heavy atom. The number of aromatic amines is 1. The standard InChI is InChI=1S/C20H23N5O/c1-26-17-7-10-21-18(13-17)20-22-19(23-24-20)16-8-11-25(12-9-16)14-15-5-3-2-4-6-15/h2-7,10,13,16H,8-9,11-12,14H2,1H3,(H,22,23,24). The Labute approximate surface area is 153 Å². The molecule has 1 aliphatic rings. The lowest BCUT2D eigenvalue weighted by Gasteiger charge is -2.30. The predicted octanol–water partition coefficient (Wildman–Crippen LogP) is 3.25. The van der Waals surface area contributed by atoms with E-state index in [2.05, 4.69) is 55.4 Å². The highest BCUT2D eigenvalue weighted by atomic mass is 16.5. The van der Waals surface area contributed by atoms with Gasteiger partial charge in [-0.3, -0.25) is 15.0 Å². The van der Waals surface area contributed by atoms with E-state index in [-0.39, 0.29) is 0 Å². The van der Waals surface area contributed by atoms with Crippen molar-refractivity contribution in [1.82, 2.24) is 25.1 Å². The number of rotatable bonds is 5. The molecule has 3 aromatic rings. The van der Waals surface area contributed by atoms with E-state index in [9.17, 15) is 0 Å².